The largest absolute Gasteiger partial charge is 0.481 e. The zero-order valence-electron chi connectivity index (χ0n) is 12.1. The number of aromatic nitrogens is 2. The van der Waals surface area contributed by atoms with Crippen molar-refractivity contribution in [3.8, 4) is 0 Å². The van der Waals surface area contributed by atoms with Crippen molar-refractivity contribution < 1.29 is 9.90 Å². The number of hydrogen-bond donors (Lipinski definition) is 1. The molecule has 20 heavy (non-hydrogen) atoms. The number of nitrogens with zero attached hydrogens (tertiary/aromatic N) is 3. The van der Waals surface area contributed by atoms with Crippen molar-refractivity contribution in [2.45, 2.75) is 45.1 Å². The van der Waals surface area contributed by atoms with E-state index in [9.17, 15) is 9.90 Å². The van der Waals surface area contributed by atoms with Crippen LogP contribution in [0.2, 0.25) is 0 Å². The van der Waals surface area contributed by atoms with Crippen LogP contribution in [0.3, 0.4) is 0 Å². The van der Waals surface area contributed by atoms with Crippen LogP contribution < -0.4 is 0 Å². The van der Waals surface area contributed by atoms with Crippen LogP contribution in [0.25, 0.3) is 0 Å². The predicted octanol–water partition coefficient (Wildman–Crippen LogP) is 1.73. The molecule has 0 aliphatic carbocycles. The number of likely N-dealkylation sites (tertiary alicyclic amines) is 1. The van der Waals surface area contributed by atoms with Gasteiger partial charge in [-0.25, -0.2) is 4.98 Å². The zero-order valence-corrected chi connectivity index (χ0v) is 12.1. The molecule has 0 spiro atoms. The molecule has 2 unspecified atom stereocenters. The van der Waals surface area contributed by atoms with Gasteiger partial charge in [-0.1, -0.05) is 6.92 Å². The summed E-state index contributed by atoms with van der Waals surface area (Å²) in [6, 6.07) is 0. The fourth-order valence-electron chi connectivity index (χ4n) is 3.53. The van der Waals surface area contributed by atoms with Crippen molar-refractivity contribution >= 4 is 5.97 Å². The van der Waals surface area contributed by atoms with E-state index in [2.05, 4.69) is 27.6 Å². The molecule has 1 aromatic heterocycles. The van der Waals surface area contributed by atoms with E-state index in [1.54, 1.807) is 0 Å². The summed E-state index contributed by atoms with van der Waals surface area (Å²) in [6.45, 7) is 6.58. The van der Waals surface area contributed by atoms with Gasteiger partial charge >= 0.3 is 5.97 Å². The summed E-state index contributed by atoms with van der Waals surface area (Å²) in [5.74, 6) is 0.300. The quantitative estimate of drug-likeness (QED) is 0.910. The number of carboxylic acids is 1. The summed E-state index contributed by atoms with van der Waals surface area (Å²) < 4.78 is 2.06. The Morgan fingerprint density at radius 1 is 1.45 bits per heavy atom. The highest BCUT2D eigenvalue weighted by atomic mass is 16.4. The van der Waals surface area contributed by atoms with Gasteiger partial charge < -0.3 is 14.6 Å². The van der Waals surface area contributed by atoms with Crippen LogP contribution in [0.1, 0.15) is 43.6 Å². The number of aryl methyl sites for hydroxylation is 1. The molecule has 3 rings (SSSR count). The number of imidazole rings is 1. The Morgan fingerprint density at radius 2 is 2.30 bits per heavy atom. The van der Waals surface area contributed by atoms with Crippen molar-refractivity contribution in [1.29, 1.82) is 0 Å². The molecule has 1 aromatic rings. The van der Waals surface area contributed by atoms with E-state index in [-0.39, 0.29) is 0 Å². The van der Waals surface area contributed by atoms with E-state index < -0.39 is 11.9 Å². The summed E-state index contributed by atoms with van der Waals surface area (Å²) in [4.78, 5) is 18.4. The molecule has 0 saturated carbocycles. The molecule has 0 amide bonds. The van der Waals surface area contributed by atoms with E-state index in [1.807, 2.05) is 0 Å². The fraction of sp³-hybridized carbons (Fsp3) is 0.733. The van der Waals surface area contributed by atoms with Crippen LogP contribution in [0.5, 0.6) is 0 Å². The van der Waals surface area contributed by atoms with Crippen molar-refractivity contribution in [3.05, 3.63) is 17.7 Å². The SMILES string of the molecule is CCN1CCC(Cc2cn3c(n2)C(C(=O)O)CCC3)C1. The third-order valence-corrected chi connectivity index (χ3v) is 4.67. The van der Waals surface area contributed by atoms with Gasteiger partial charge in [0.15, 0.2) is 0 Å². The number of rotatable bonds is 4. The lowest BCUT2D eigenvalue weighted by Crippen LogP contribution is -2.22. The Morgan fingerprint density at radius 3 is 3.00 bits per heavy atom. The fourth-order valence-corrected chi connectivity index (χ4v) is 3.53. The molecule has 5 heteroatoms. The van der Waals surface area contributed by atoms with E-state index in [0.717, 1.165) is 50.4 Å². The maximum atomic E-state index is 11.3. The van der Waals surface area contributed by atoms with Gasteiger partial charge in [-0.2, -0.15) is 0 Å². The molecule has 1 saturated heterocycles. The highest BCUT2D eigenvalue weighted by Crippen LogP contribution is 2.28. The third kappa shape index (κ3) is 2.59. The topological polar surface area (TPSA) is 58.4 Å². The van der Waals surface area contributed by atoms with Crippen LogP contribution in [-0.4, -0.2) is 45.2 Å². The monoisotopic (exact) mass is 277 g/mol. The predicted molar refractivity (Wildman–Crippen MR) is 75.8 cm³/mol. The lowest BCUT2D eigenvalue weighted by Gasteiger charge is -2.19. The summed E-state index contributed by atoms with van der Waals surface area (Å²) in [5.41, 5.74) is 1.08. The number of hydrogen-bond acceptors (Lipinski definition) is 3. The average Bonchev–Trinajstić information content (AvgIpc) is 3.03. The average molecular weight is 277 g/mol. The van der Waals surface area contributed by atoms with Gasteiger partial charge in [0.2, 0.25) is 0 Å². The molecule has 0 bridgehead atoms. The summed E-state index contributed by atoms with van der Waals surface area (Å²) >= 11 is 0. The molecule has 2 atom stereocenters. The lowest BCUT2D eigenvalue weighted by molar-refractivity contribution is -0.139. The van der Waals surface area contributed by atoms with E-state index >= 15 is 0 Å². The highest BCUT2D eigenvalue weighted by Gasteiger charge is 2.29. The van der Waals surface area contributed by atoms with E-state index in [4.69, 9.17) is 0 Å². The molecule has 5 nitrogen and oxygen atoms in total. The van der Waals surface area contributed by atoms with Gasteiger partial charge in [-0.05, 0) is 44.7 Å². The van der Waals surface area contributed by atoms with Gasteiger partial charge in [0, 0.05) is 19.3 Å². The second-order valence-corrected chi connectivity index (χ2v) is 6.07. The van der Waals surface area contributed by atoms with Gasteiger partial charge in [0.1, 0.15) is 11.7 Å². The van der Waals surface area contributed by atoms with Crippen LogP contribution >= 0.6 is 0 Å². The number of carboxylic acid groups (broad SMARTS) is 1. The van der Waals surface area contributed by atoms with Crippen LogP contribution in [0.15, 0.2) is 6.20 Å². The Hall–Kier alpha value is -1.36. The first kappa shape index (κ1) is 13.6. The Bertz CT molecular complexity index is 497. The second kappa shape index (κ2) is 5.56. The molecular weight excluding hydrogens is 254 g/mol. The minimum atomic E-state index is -0.735. The van der Waals surface area contributed by atoms with Crippen molar-refractivity contribution in [1.82, 2.24) is 14.5 Å². The number of fused-ring (bicyclic) bond motifs is 1. The van der Waals surface area contributed by atoms with Crippen LogP contribution in [0.4, 0.5) is 0 Å². The number of aliphatic carboxylic acids is 1. The summed E-state index contributed by atoms with van der Waals surface area (Å²) in [6.07, 6.45) is 5.96. The van der Waals surface area contributed by atoms with E-state index in [1.165, 1.54) is 13.0 Å². The van der Waals surface area contributed by atoms with Gasteiger partial charge in [0.05, 0.1) is 5.69 Å². The van der Waals surface area contributed by atoms with Crippen molar-refractivity contribution in [3.63, 3.8) is 0 Å². The molecule has 2 aliphatic heterocycles. The smallest absolute Gasteiger partial charge is 0.314 e. The molecule has 3 heterocycles. The van der Waals surface area contributed by atoms with Gasteiger partial charge in [-0.15, -0.1) is 0 Å². The van der Waals surface area contributed by atoms with Gasteiger partial charge in [-0.3, -0.25) is 4.79 Å². The second-order valence-electron chi connectivity index (χ2n) is 6.07. The molecule has 0 radical (unpaired) electrons. The minimum absolute atomic E-state index is 0.409. The normalized spacial score (nSPS) is 26.6. The maximum Gasteiger partial charge on any atom is 0.314 e. The first-order valence-corrected chi connectivity index (χ1v) is 7.68. The molecule has 1 N–H and O–H groups in total. The summed E-state index contributed by atoms with van der Waals surface area (Å²) in [7, 11) is 0. The molecule has 0 aromatic carbocycles. The maximum absolute atomic E-state index is 11.3. The van der Waals surface area contributed by atoms with Crippen LogP contribution in [0, 0.1) is 5.92 Å². The Balaban J connectivity index is 1.71. The highest BCUT2D eigenvalue weighted by molar-refractivity contribution is 5.75. The van der Waals surface area contributed by atoms with E-state index in [0.29, 0.717) is 5.92 Å². The molecule has 110 valence electrons. The summed E-state index contributed by atoms with van der Waals surface area (Å²) in [5, 5.41) is 9.29. The first-order valence-electron chi connectivity index (χ1n) is 7.68. The van der Waals surface area contributed by atoms with Crippen molar-refractivity contribution in [2.75, 3.05) is 19.6 Å². The lowest BCUT2D eigenvalue weighted by atomic mass is 9.99. The standard InChI is InChI=1S/C15H23N3O2/c1-2-17-7-5-11(9-17)8-12-10-18-6-3-4-13(15(19)20)14(18)16-12/h10-11,13H,2-9H2,1H3,(H,19,20). The minimum Gasteiger partial charge on any atom is -0.481 e. The zero-order chi connectivity index (χ0) is 14.1. The molecule has 2 aliphatic rings. The Labute approximate surface area is 119 Å². The molecular formula is C15H23N3O2. The first-order chi connectivity index (χ1) is 9.67. The Kier molecular flexibility index (Phi) is 3.78. The van der Waals surface area contributed by atoms with Crippen LogP contribution in [-0.2, 0) is 17.8 Å². The third-order valence-electron chi connectivity index (χ3n) is 4.67. The van der Waals surface area contributed by atoms with Gasteiger partial charge in [0.25, 0.3) is 0 Å². The molecule has 1 fully saturated rings. The number of carbonyl (C=O) groups is 1. The van der Waals surface area contributed by atoms with Crippen molar-refractivity contribution in [2.24, 2.45) is 5.92 Å².